The molecule has 1 aliphatic rings. The van der Waals surface area contributed by atoms with Gasteiger partial charge in [-0.25, -0.2) is 0 Å². The van der Waals surface area contributed by atoms with Gasteiger partial charge < -0.3 is 10.3 Å². The van der Waals surface area contributed by atoms with Crippen LogP contribution in [0.2, 0.25) is 5.02 Å². The number of pyridine rings is 1. The summed E-state index contributed by atoms with van der Waals surface area (Å²) in [6, 6.07) is 3.78. The number of rotatable bonds is 2. The van der Waals surface area contributed by atoms with Gasteiger partial charge in [0.25, 0.3) is 0 Å². The maximum Gasteiger partial charge on any atom is 0.230 e. The van der Waals surface area contributed by atoms with Crippen molar-refractivity contribution in [3.8, 4) is 11.5 Å². The lowest BCUT2D eigenvalue weighted by atomic mass is 10.1. The molecule has 18 heavy (non-hydrogen) atoms. The van der Waals surface area contributed by atoms with E-state index in [2.05, 4.69) is 15.1 Å². The van der Waals surface area contributed by atoms with Gasteiger partial charge in [-0.2, -0.15) is 4.98 Å². The summed E-state index contributed by atoms with van der Waals surface area (Å²) in [5.74, 6) is 1.45. The van der Waals surface area contributed by atoms with Gasteiger partial charge in [0, 0.05) is 18.2 Å². The summed E-state index contributed by atoms with van der Waals surface area (Å²) in [6.07, 6.45) is 4.51. The van der Waals surface area contributed by atoms with Crippen LogP contribution in [0.5, 0.6) is 0 Å². The van der Waals surface area contributed by atoms with Crippen molar-refractivity contribution in [3.63, 3.8) is 0 Å². The van der Waals surface area contributed by atoms with Crippen molar-refractivity contribution in [2.24, 2.45) is 5.73 Å². The van der Waals surface area contributed by atoms with Crippen LogP contribution in [-0.2, 0) is 0 Å². The summed E-state index contributed by atoms with van der Waals surface area (Å²) in [5, 5.41) is 4.54. The second-order valence-corrected chi connectivity index (χ2v) is 5.02. The molecule has 5 nitrogen and oxygen atoms in total. The second-order valence-electron chi connectivity index (χ2n) is 4.59. The average Bonchev–Trinajstić information content (AvgIpc) is 2.98. The molecular formula is C12H13ClN4O. The molecule has 0 amide bonds. The Hall–Kier alpha value is -1.46. The minimum absolute atomic E-state index is 0.249. The lowest BCUT2D eigenvalue weighted by molar-refractivity contribution is 0.353. The Morgan fingerprint density at radius 1 is 1.33 bits per heavy atom. The smallest absolute Gasteiger partial charge is 0.230 e. The van der Waals surface area contributed by atoms with Gasteiger partial charge in [0.1, 0.15) is 5.69 Å². The Bertz CT molecular complexity index is 539. The second kappa shape index (κ2) is 4.66. The van der Waals surface area contributed by atoms with Gasteiger partial charge in [-0.05, 0) is 31.4 Å². The van der Waals surface area contributed by atoms with Crippen LogP contribution in [0.1, 0.15) is 31.1 Å². The summed E-state index contributed by atoms with van der Waals surface area (Å²) >= 11 is 5.78. The van der Waals surface area contributed by atoms with Crippen LogP contribution < -0.4 is 5.73 Å². The largest absolute Gasteiger partial charge is 0.339 e. The molecule has 0 unspecified atom stereocenters. The molecule has 0 spiro atoms. The zero-order valence-electron chi connectivity index (χ0n) is 9.71. The van der Waals surface area contributed by atoms with E-state index in [0.717, 1.165) is 19.3 Å². The molecule has 0 radical (unpaired) electrons. The van der Waals surface area contributed by atoms with Gasteiger partial charge in [0.05, 0.1) is 5.02 Å². The monoisotopic (exact) mass is 264 g/mol. The summed E-state index contributed by atoms with van der Waals surface area (Å²) in [7, 11) is 0. The van der Waals surface area contributed by atoms with E-state index in [1.54, 1.807) is 18.3 Å². The minimum Gasteiger partial charge on any atom is -0.339 e. The predicted octanol–water partition coefficient (Wildman–Crippen LogP) is 2.38. The molecule has 0 bridgehead atoms. The normalized spacial score (nSPS) is 23.4. The maximum absolute atomic E-state index is 5.88. The zero-order chi connectivity index (χ0) is 12.5. The van der Waals surface area contributed by atoms with Crippen molar-refractivity contribution < 1.29 is 4.52 Å². The van der Waals surface area contributed by atoms with E-state index in [4.69, 9.17) is 21.9 Å². The highest BCUT2D eigenvalue weighted by molar-refractivity contribution is 6.30. The molecule has 3 rings (SSSR count). The Labute approximate surface area is 109 Å². The Morgan fingerprint density at radius 2 is 2.22 bits per heavy atom. The van der Waals surface area contributed by atoms with Crippen LogP contribution in [0.15, 0.2) is 22.9 Å². The molecule has 2 atom stereocenters. The third-order valence-corrected chi connectivity index (χ3v) is 3.44. The summed E-state index contributed by atoms with van der Waals surface area (Å²) in [5.41, 5.74) is 6.54. The van der Waals surface area contributed by atoms with Crippen LogP contribution >= 0.6 is 11.6 Å². The number of hydrogen-bond acceptors (Lipinski definition) is 5. The van der Waals surface area contributed by atoms with E-state index in [1.165, 1.54) is 0 Å². The van der Waals surface area contributed by atoms with Gasteiger partial charge >= 0.3 is 0 Å². The fourth-order valence-electron chi connectivity index (χ4n) is 2.25. The molecule has 6 heteroatoms. The third kappa shape index (κ3) is 2.23. The van der Waals surface area contributed by atoms with Crippen molar-refractivity contribution in [1.29, 1.82) is 0 Å². The fourth-order valence-corrected chi connectivity index (χ4v) is 2.37. The minimum atomic E-state index is 0.249. The quantitative estimate of drug-likeness (QED) is 0.901. The molecule has 1 fully saturated rings. The standard InChI is InChI=1S/C12H13ClN4O/c13-8-2-4-10(15-6-8)11-16-12(18-17-11)7-1-3-9(14)5-7/h2,4,6-7,9H,1,3,5,14H2/t7-,9+/m1/s1. The average molecular weight is 265 g/mol. The zero-order valence-corrected chi connectivity index (χ0v) is 10.5. The first-order chi connectivity index (χ1) is 8.72. The van der Waals surface area contributed by atoms with E-state index < -0.39 is 0 Å². The molecule has 0 saturated heterocycles. The number of nitrogens with two attached hydrogens (primary N) is 1. The van der Waals surface area contributed by atoms with Crippen LogP contribution in [0.3, 0.4) is 0 Å². The van der Waals surface area contributed by atoms with Crippen LogP contribution in [0.4, 0.5) is 0 Å². The van der Waals surface area contributed by atoms with Crippen molar-refractivity contribution in [1.82, 2.24) is 15.1 Å². The van der Waals surface area contributed by atoms with E-state index in [9.17, 15) is 0 Å². The fraction of sp³-hybridized carbons (Fsp3) is 0.417. The van der Waals surface area contributed by atoms with Crippen molar-refractivity contribution >= 4 is 11.6 Å². The van der Waals surface area contributed by atoms with Gasteiger partial charge in [0.15, 0.2) is 0 Å². The summed E-state index contributed by atoms with van der Waals surface area (Å²) < 4.78 is 5.29. The van der Waals surface area contributed by atoms with E-state index >= 15 is 0 Å². The van der Waals surface area contributed by atoms with Crippen LogP contribution in [-0.4, -0.2) is 21.2 Å². The lowest BCUT2D eigenvalue weighted by Crippen LogP contribution is -2.14. The van der Waals surface area contributed by atoms with Gasteiger partial charge in [-0.15, -0.1) is 0 Å². The molecule has 2 heterocycles. The molecule has 2 aromatic heterocycles. The first-order valence-corrected chi connectivity index (χ1v) is 6.31. The Morgan fingerprint density at radius 3 is 2.89 bits per heavy atom. The molecule has 0 aliphatic heterocycles. The number of halogens is 1. The van der Waals surface area contributed by atoms with Gasteiger partial charge in [-0.3, -0.25) is 4.98 Å². The van der Waals surface area contributed by atoms with Crippen LogP contribution in [0, 0.1) is 0 Å². The SMILES string of the molecule is N[C@H]1CC[C@@H](c2nc(-c3ccc(Cl)cn3)no2)C1. The Kier molecular flexibility index (Phi) is 3.01. The van der Waals surface area contributed by atoms with E-state index in [0.29, 0.717) is 22.4 Å². The molecule has 2 aromatic rings. The van der Waals surface area contributed by atoms with Crippen molar-refractivity contribution in [3.05, 3.63) is 29.2 Å². The van der Waals surface area contributed by atoms with Gasteiger partial charge in [0.2, 0.25) is 11.7 Å². The first kappa shape index (κ1) is 11.6. The molecular weight excluding hydrogens is 252 g/mol. The highest BCUT2D eigenvalue weighted by Crippen LogP contribution is 2.33. The topological polar surface area (TPSA) is 77.8 Å². The van der Waals surface area contributed by atoms with Crippen molar-refractivity contribution in [2.45, 2.75) is 31.2 Å². The molecule has 1 aliphatic carbocycles. The molecule has 0 aromatic carbocycles. The highest BCUT2D eigenvalue weighted by atomic mass is 35.5. The van der Waals surface area contributed by atoms with Crippen molar-refractivity contribution in [2.75, 3.05) is 0 Å². The third-order valence-electron chi connectivity index (χ3n) is 3.22. The Balaban J connectivity index is 1.83. The van der Waals surface area contributed by atoms with E-state index in [1.807, 2.05) is 0 Å². The molecule has 1 saturated carbocycles. The summed E-state index contributed by atoms with van der Waals surface area (Å²) in [6.45, 7) is 0. The summed E-state index contributed by atoms with van der Waals surface area (Å²) in [4.78, 5) is 8.55. The van der Waals surface area contributed by atoms with Crippen LogP contribution in [0.25, 0.3) is 11.5 Å². The first-order valence-electron chi connectivity index (χ1n) is 5.93. The van der Waals surface area contributed by atoms with Gasteiger partial charge in [-0.1, -0.05) is 16.8 Å². The van der Waals surface area contributed by atoms with E-state index in [-0.39, 0.29) is 12.0 Å². The number of hydrogen-bond donors (Lipinski definition) is 1. The lowest BCUT2D eigenvalue weighted by Gasteiger charge is -2.01. The number of nitrogens with zero attached hydrogens (tertiary/aromatic N) is 3. The predicted molar refractivity (Wildman–Crippen MR) is 67.1 cm³/mol. The number of aromatic nitrogens is 3. The maximum atomic E-state index is 5.88. The molecule has 2 N–H and O–H groups in total. The molecule has 94 valence electrons. The highest BCUT2D eigenvalue weighted by Gasteiger charge is 2.28.